The zero-order chi connectivity index (χ0) is 11.9. The van der Waals surface area contributed by atoms with Crippen molar-refractivity contribution < 1.29 is 0 Å². The van der Waals surface area contributed by atoms with E-state index >= 15 is 0 Å². The number of nitrogens with one attached hydrogen (secondary N) is 2. The molecule has 0 aliphatic carbocycles. The quantitative estimate of drug-likeness (QED) is 0.606. The predicted molar refractivity (Wildman–Crippen MR) is 69.1 cm³/mol. The predicted octanol–water partition coefficient (Wildman–Crippen LogP) is 3.28. The van der Waals surface area contributed by atoms with Gasteiger partial charge in [-0.2, -0.15) is 0 Å². The largest absolute Gasteiger partial charge is 0.299 e. The van der Waals surface area contributed by atoms with Gasteiger partial charge in [-0.3, -0.25) is 10.6 Å². The lowest BCUT2D eigenvalue weighted by molar-refractivity contribution is 0.261. The molecule has 0 bridgehead atoms. The van der Waals surface area contributed by atoms with Crippen LogP contribution in [0.15, 0.2) is 0 Å². The van der Waals surface area contributed by atoms with Crippen LogP contribution in [-0.2, 0) is 0 Å². The molecule has 0 aliphatic rings. The zero-order valence-electron chi connectivity index (χ0n) is 11.5. The van der Waals surface area contributed by atoms with Crippen LogP contribution in [0.25, 0.3) is 0 Å². The Hall–Kier alpha value is -0.0800. The molecule has 0 saturated carbocycles. The van der Waals surface area contributed by atoms with Crippen LogP contribution in [0.5, 0.6) is 0 Å². The Balaban J connectivity index is 4.14. The van der Waals surface area contributed by atoms with E-state index in [0.29, 0.717) is 12.2 Å². The van der Waals surface area contributed by atoms with Gasteiger partial charge in [0.15, 0.2) is 0 Å². The molecule has 0 spiro atoms. The fourth-order valence-corrected chi connectivity index (χ4v) is 1.52. The second-order valence-electron chi connectivity index (χ2n) is 5.20. The Morgan fingerprint density at radius 1 is 1.13 bits per heavy atom. The van der Waals surface area contributed by atoms with Gasteiger partial charge in [-0.1, -0.05) is 27.2 Å². The van der Waals surface area contributed by atoms with Gasteiger partial charge in [-0.05, 0) is 40.0 Å². The summed E-state index contributed by atoms with van der Waals surface area (Å²) >= 11 is 0. The maximum Gasteiger partial charge on any atom is 0.0577 e. The van der Waals surface area contributed by atoms with E-state index in [2.05, 4.69) is 52.2 Å². The average Bonchev–Trinajstić information content (AvgIpc) is 2.17. The first-order valence-corrected chi connectivity index (χ1v) is 6.48. The number of hydrogen-bond donors (Lipinski definition) is 2. The molecule has 0 aromatic carbocycles. The summed E-state index contributed by atoms with van der Waals surface area (Å²) in [5, 5.41) is 7.34. The molecule has 0 fully saturated rings. The monoisotopic (exact) mass is 214 g/mol. The van der Waals surface area contributed by atoms with Crippen molar-refractivity contribution in [1.82, 2.24) is 10.6 Å². The summed E-state index contributed by atoms with van der Waals surface area (Å²) in [4.78, 5) is 0. The fourth-order valence-electron chi connectivity index (χ4n) is 1.52. The van der Waals surface area contributed by atoms with Crippen LogP contribution in [-0.4, -0.2) is 17.7 Å². The minimum Gasteiger partial charge on any atom is -0.299 e. The molecule has 0 aliphatic heterocycles. The third-order valence-corrected chi connectivity index (χ3v) is 3.12. The van der Waals surface area contributed by atoms with E-state index in [1.54, 1.807) is 0 Å². The van der Waals surface area contributed by atoms with E-state index in [-0.39, 0.29) is 5.54 Å². The molecular formula is C13H30N2. The Bertz CT molecular complexity index is 155. The maximum atomic E-state index is 3.70. The molecule has 0 saturated heterocycles. The van der Waals surface area contributed by atoms with Gasteiger partial charge in [-0.25, -0.2) is 0 Å². The summed E-state index contributed by atoms with van der Waals surface area (Å²) < 4.78 is 0. The minimum absolute atomic E-state index is 0.236. The molecule has 2 nitrogen and oxygen atoms in total. The maximum absolute atomic E-state index is 3.70. The van der Waals surface area contributed by atoms with Crippen LogP contribution < -0.4 is 10.6 Å². The van der Waals surface area contributed by atoms with Gasteiger partial charge in [0.1, 0.15) is 0 Å². The van der Waals surface area contributed by atoms with Gasteiger partial charge in [0.05, 0.1) is 6.17 Å². The van der Waals surface area contributed by atoms with Crippen molar-refractivity contribution in [3.63, 3.8) is 0 Å². The van der Waals surface area contributed by atoms with Gasteiger partial charge in [0, 0.05) is 11.6 Å². The summed E-state index contributed by atoms with van der Waals surface area (Å²) in [6.45, 7) is 13.5. The molecule has 15 heavy (non-hydrogen) atoms. The van der Waals surface area contributed by atoms with Crippen molar-refractivity contribution in [3.8, 4) is 0 Å². The van der Waals surface area contributed by atoms with Crippen molar-refractivity contribution in [1.29, 1.82) is 0 Å². The van der Waals surface area contributed by atoms with Crippen molar-refractivity contribution >= 4 is 0 Å². The molecule has 0 aromatic rings. The number of rotatable bonds is 8. The zero-order valence-corrected chi connectivity index (χ0v) is 11.5. The van der Waals surface area contributed by atoms with Crippen molar-refractivity contribution in [2.24, 2.45) is 0 Å². The Labute approximate surface area is 96.2 Å². The molecule has 2 N–H and O–H groups in total. The first kappa shape index (κ1) is 14.9. The Morgan fingerprint density at radius 3 is 2.13 bits per heavy atom. The highest BCUT2D eigenvalue weighted by Gasteiger charge is 2.20. The van der Waals surface area contributed by atoms with Crippen molar-refractivity contribution in [2.75, 3.05) is 0 Å². The van der Waals surface area contributed by atoms with E-state index in [1.165, 1.54) is 19.3 Å². The van der Waals surface area contributed by atoms with Gasteiger partial charge in [0.2, 0.25) is 0 Å². The Kier molecular flexibility index (Phi) is 7.20. The number of hydrogen-bond acceptors (Lipinski definition) is 2. The lowest BCUT2D eigenvalue weighted by Gasteiger charge is -2.33. The third kappa shape index (κ3) is 6.91. The Morgan fingerprint density at radius 2 is 1.73 bits per heavy atom. The normalized spacial score (nSPS) is 16.4. The highest BCUT2D eigenvalue weighted by molar-refractivity contribution is 4.80. The first-order chi connectivity index (χ1) is 6.95. The van der Waals surface area contributed by atoms with Crippen LogP contribution in [0.4, 0.5) is 0 Å². The smallest absolute Gasteiger partial charge is 0.0577 e. The summed E-state index contributed by atoms with van der Waals surface area (Å²) in [5.74, 6) is 0. The van der Waals surface area contributed by atoms with Crippen molar-refractivity contribution in [3.05, 3.63) is 0 Å². The molecule has 0 aromatic heterocycles. The first-order valence-electron chi connectivity index (χ1n) is 6.48. The van der Waals surface area contributed by atoms with Crippen LogP contribution in [0.2, 0.25) is 0 Å². The molecule has 0 rings (SSSR count). The van der Waals surface area contributed by atoms with Crippen LogP contribution >= 0.6 is 0 Å². The van der Waals surface area contributed by atoms with Gasteiger partial charge < -0.3 is 0 Å². The van der Waals surface area contributed by atoms with Crippen LogP contribution in [0, 0.1) is 0 Å². The molecule has 2 heteroatoms. The second-order valence-corrected chi connectivity index (χ2v) is 5.20. The standard InChI is InChI=1S/C13H30N2/c1-7-10-12(14-11(4)8-2)15-13(5,6)9-3/h11-12,14-15H,7-10H2,1-6H3. The lowest BCUT2D eigenvalue weighted by Crippen LogP contribution is -2.54. The highest BCUT2D eigenvalue weighted by Crippen LogP contribution is 2.10. The van der Waals surface area contributed by atoms with Crippen LogP contribution in [0.3, 0.4) is 0 Å². The highest BCUT2D eigenvalue weighted by atomic mass is 15.2. The molecule has 0 amide bonds. The van der Waals surface area contributed by atoms with E-state index in [1.807, 2.05) is 0 Å². The summed E-state index contributed by atoms with van der Waals surface area (Å²) in [5.41, 5.74) is 0.236. The van der Waals surface area contributed by atoms with E-state index in [4.69, 9.17) is 0 Å². The fraction of sp³-hybridized carbons (Fsp3) is 1.00. The molecule has 2 atom stereocenters. The van der Waals surface area contributed by atoms with E-state index in [0.717, 1.165) is 6.42 Å². The summed E-state index contributed by atoms with van der Waals surface area (Å²) in [6, 6.07) is 0.599. The van der Waals surface area contributed by atoms with Gasteiger partial charge >= 0.3 is 0 Å². The average molecular weight is 214 g/mol. The topological polar surface area (TPSA) is 24.1 Å². The lowest BCUT2D eigenvalue weighted by atomic mass is 10.0. The van der Waals surface area contributed by atoms with E-state index in [9.17, 15) is 0 Å². The van der Waals surface area contributed by atoms with E-state index < -0.39 is 0 Å². The summed E-state index contributed by atoms with van der Waals surface area (Å²) in [6.07, 6.45) is 5.23. The second kappa shape index (κ2) is 7.24. The molecular weight excluding hydrogens is 184 g/mol. The third-order valence-electron chi connectivity index (χ3n) is 3.12. The molecule has 92 valence electrons. The summed E-state index contributed by atoms with van der Waals surface area (Å²) in [7, 11) is 0. The minimum atomic E-state index is 0.236. The van der Waals surface area contributed by atoms with Gasteiger partial charge in [0.25, 0.3) is 0 Å². The van der Waals surface area contributed by atoms with Crippen LogP contribution in [0.1, 0.15) is 67.2 Å². The molecule has 0 heterocycles. The SMILES string of the molecule is CCCC(NC(C)CC)NC(C)(C)CC. The van der Waals surface area contributed by atoms with Gasteiger partial charge in [-0.15, -0.1) is 0 Å². The molecule has 2 unspecified atom stereocenters. The van der Waals surface area contributed by atoms with Crippen molar-refractivity contribution in [2.45, 2.75) is 85.0 Å². The molecule has 0 radical (unpaired) electrons.